The van der Waals surface area contributed by atoms with Gasteiger partial charge in [0, 0.05) is 20.8 Å². The number of hydrogen-bond donors (Lipinski definition) is 1. The molecule has 0 aromatic carbocycles. The van der Waals surface area contributed by atoms with Gasteiger partial charge >= 0.3 is 0 Å². The molecule has 2 nitrogen and oxygen atoms in total. The van der Waals surface area contributed by atoms with Gasteiger partial charge in [0.05, 0.1) is 6.04 Å². The summed E-state index contributed by atoms with van der Waals surface area (Å²) in [6.45, 7) is 2.09. The van der Waals surface area contributed by atoms with Gasteiger partial charge in [-0.2, -0.15) is 0 Å². The standard InChI is InChI=1S/C9H10N2S2/c1-6-2-3-7(12-6)9(10)8-4-5-11-13-8/h2-5,9H,10H2,1H3. The molecule has 2 N–H and O–H groups in total. The van der Waals surface area contributed by atoms with Crippen LogP contribution in [0.15, 0.2) is 24.4 Å². The number of nitrogens with zero attached hydrogens (tertiary/aromatic N) is 1. The number of hydrogen-bond acceptors (Lipinski definition) is 4. The molecule has 0 bridgehead atoms. The number of thiophene rings is 1. The second-order valence-corrected chi connectivity index (χ2v) is 5.03. The minimum Gasteiger partial charge on any atom is -0.319 e. The third kappa shape index (κ3) is 1.80. The van der Waals surface area contributed by atoms with Crippen LogP contribution in [0.5, 0.6) is 0 Å². The maximum absolute atomic E-state index is 6.05. The van der Waals surface area contributed by atoms with Crippen LogP contribution in [0, 0.1) is 6.92 Å². The van der Waals surface area contributed by atoms with Crippen molar-refractivity contribution < 1.29 is 0 Å². The van der Waals surface area contributed by atoms with E-state index in [1.807, 2.05) is 6.07 Å². The molecule has 0 saturated heterocycles. The van der Waals surface area contributed by atoms with Crippen molar-refractivity contribution in [1.29, 1.82) is 0 Å². The molecular formula is C9H10N2S2. The van der Waals surface area contributed by atoms with Gasteiger partial charge in [-0.05, 0) is 36.7 Å². The third-order valence-electron chi connectivity index (χ3n) is 1.83. The zero-order chi connectivity index (χ0) is 9.26. The molecule has 0 saturated carbocycles. The summed E-state index contributed by atoms with van der Waals surface area (Å²) < 4.78 is 4.04. The molecule has 2 aromatic rings. The highest BCUT2D eigenvalue weighted by Crippen LogP contribution is 2.27. The van der Waals surface area contributed by atoms with Crippen molar-refractivity contribution in [1.82, 2.24) is 4.37 Å². The number of rotatable bonds is 2. The van der Waals surface area contributed by atoms with Gasteiger partial charge in [-0.25, -0.2) is 4.37 Å². The highest BCUT2D eigenvalue weighted by Gasteiger charge is 2.11. The Morgan fingerprint density at radius 3 is 2.69 bits per heavy atom. The first-order chi connectivity index (χ1) is 6.27. The van der Waals surface area contributed by atoms with Gasteiger partial charge in [0.15, 0.2) is 0 Å². The molecule has 0 radical (unpaired) electrons. The molecule has 0 aliphatic carbocycles. The SMILES string of the molecule is Cc1ccc(C(N)c2ccns2)s1. The number of aryl methyl sites for hydroxylation is 1. The summed E-state index contributed by atoms with van der Waals surface area (Å²) in [5, 5.41) is 0. The second-order valence-electron chi connectivity index (χ2n) is 2.84. The van der Waals surface area contributed by atoms with E-state index >= 15 is 0 Å². The zero-order valence-electron chi connectivity index (χ0n) is 7.23. The van der Waals surface area contributed by atoms with Crippen molar-refractivity contribution >= 4 is 22.9 Å². The fraction of sp³-hybridized carbons (Fsp3) is 0.222. The quantitative estimate of drug-likeness (QED) is 0.827. The Morgan fingerprint density at radius 2 is 2.15 bits per heavy atom. The van der Waals surface area contributed by atoms with Crippen molar-refractivity contribution in [2.75, 3.05) is 0 Å². The van der Waals surface area contributed by atoms with Crippen molar-refractivity contribution in [2.45, 2.75) is 13.0 Å². The van der Waals surface area contributed by atoms with E-state index in [0.717, 1.165) is 4.88 Å². The summed E-state index contributed by atoms with van der Waals surface area (Å²) in [6.07, 6.45) is 1.79. The molecular weight excluding hydrogens is 200 g/mol. The molecule has 4 heteroatoms. The summed E-state index contributed by atoms with van der Waals surface area (Å²) in [6, 6.07) is 6.17. The normalized spacial score (nSPS) is 13.1. The lowest BCUT2D eigenvalue weighted by Crippen LogP contribution is -2.07. The molecule has 13 heavy (non-hydrogen) atoms. The predicted octanol–water partition coefficient (Wildman–Crippen LogP) is 2.56. The fourth-order valence-electron chi connectivity index (χ4n) is 1.15. The van der Waals surface area contributed by atoms with Crippen LogP contribution >= 0.6 is 22.9 Å². The van der Waals surface area contributed by atoms with E-state index in [0.29, 0.717) is 0 Å². The maximum Gasteiger partial charge on any atom is 0.0756 e. The van der Waals surface area contributed by atoms with Gasteiger partial charge in [-0.3, -0.25) is 0 Å². The second kappa shape index (κ2) is 3.57. The molecule has 68 valence electrons. The molecule has 0 spiro atoms. The van der Waals surface area contributed by atoms with E-state index in [1.54, 1.807) is 17.5 Å². The van der Waals surface area contributed by atoms with E-state index in [2.05, 4.69) is 23.4 Å². The van der Waals surface area contributed by atoms with Gasteiger partial charge in [-0.15, -0.1) is 11.3 Å². The van der Waals surface area contributed by atoms with Crippen LogP contribution in [0.4, 0.5) is 0 Å². The van der Waals surface area contributed by atoms with Gasteiger partial charge in [0.2, 0.25) is 0 Å². The summed E-state index contributed by atoms with van der Waals surface area (Å²) in [4.78, 5) is 3.64. The van der Waals surface area contributed by atoms with Crippen molar-refractivity contribution in [3.63, 3.8) is 0 Å². The Kier molecular flexibility index (Phi) is 2.44. The van der Waals surface area contributed by atoms with Crippen LogP contribution in [-0.4, -0.2) is 4.37 Å². The summed E-state index contributed by atoms with van der Waals surface area (Å²) in [7, 11) is 0. The van der Waals surface area contributed by atoms with Crippen LogP contribution in [0.25, 0.3) is 0 Å². The lowest BCUT2D eigenvalue weighted by Gasteiger charge is -2.04. The molecule has 1 unspecified atom stereocenters. The molecule has 1 atom stereocenters. The predicted molar refractivity (Wildman–Crippen MR) is 57.2 cm³/mol. The van der Waals surface area contributed by atoms with Crippen LogP contribution in [-0.2, 0) is 0 Å². The average molecular weight is 210 g/mol. The van der Waals surface area contributed by atoms with E-state index in [1.165, 1.54) is 21.3 Å². The Morgan fingerprint density at radius 1 is 1.31 bits per heavy atom. The monoisotopic (exact) mass is 210 g/mol. The van der Waals surface area contributed by atoms with Gasteiger partial charge in [0.1, 0.15) is 0 Å². The lowest BCUT2D eigenvalue weighted by atomic mass is 10.2. The Bertz CT molecular complexity index is 378. The first kappa shape index (κ1) is 8.87. The van der Waals surface area contributed by atoms with Crippen molar-refractivity contribution in [2.24, 2.45) is 5.73 Å². The van der Waals surface area contributed by atoms with E-state index in [-0.39, 0.29) is 6.04 Å². The van der Waals surface area contributed by atoms with Crippen molar-refractivity contribution in [3.8, 4) is 0 Å². The number of nitrogens with two attached hydrogens (primary N) is 1. The largest absolute Gasteiger partial charge is 0.319 e. The smallest absolute Gasteiger partial charge is 0.0756 e. The molecule has 0 aliphatic heterocycles. The minimum atomic E-state index is 0.00574. The Hall–Kier alpha value is -0.710. The van der Waals surface area contributed by atoms with Crippen LogP contribution in [0.2, 0.25) is 0 Å². The minimum absolute atomic E-state index is 0.00574. The highest BCUT2D eigenvalue weighted by molar-refractivity contribution is 7.12. The maximum atomic E-state index is 6.05. The lowest BCUT2D eigenvalue weighted by molar-refractivity contribution is 0.917. The molecule has 0 aliphatic rings. The van der Waals surface area contributed by atoms with E-state index in [9.17, 15) is 0 Å². The van der Waals surface area contributed by atoms with Gasteiger partial charge in [0.25, 0.3) is 0 Å². The molecule has 0 amide bonds. The Balaban J connectivity index is 2.28. The summed E-state index contributed by atoms with van der Waals surface area (Å²) in [5.74, 6) is 0. The Labute approximate surface area is 85.2 Å². The van der Waals surface area contributed by atoms with Crippen LogP contribution < -0.4 is 5.73 Å². The van der Waals surface area contributed by atoms with Crippen LogP contribution in [0.3, 0.4) is 0 Å². The topological polar surface area (TPSA) is 38.9 Å². The van der Waals surface area contributed by atoms with Crippen molar-refractivity contribution in [3.05, 3.63) is 39.0 Å². The molecule has 2 rings (SSSR count). The van der Waals surface area contributed by atoms with Crippen LogP contribution in [0.1, 0.15) is 20.7 Å². The average Bonchev–Trinajstić information content (AvgIpc) is 2.72. The first-order valence-electron chi connectivity index (χ1n) is 4.00. The third-order valence-corrected chi connectivity index (χ3v) is 3.74. The zero-order valence-corrected chi connectivity index (χ0v) is 8.86. The summed E-state index contributed by atoms with van der Waals surface area (Å²) >= 11 is 3.21. The molecule has 0 fully saturated rings. The van der Waals surface area contributed by atoms with E-state index < -0.39 is 0 Å². The first-order valence-corrected chi connectivity index (χ1v) is 5.59. The molecule has 2 aromatic heterocycles. The van der Waals surface area contributed by atoms with Gasteiger partial charge < -0.3 is 5.73 Å². The molecule has 2 heterocycles. The fourth-order valence-corrected chi connectivity index (χ4v) is 2.73. The van der Waals surface area contributed by atoms with E-state index in [4.69, 9.17) is 5.73 Å². The highest BCUT2D eigenvalue weighted by atomic mass is 32.1. The number of aromatic nitrogens is 1. The summed E-state index contributed by atoms with van der Waals surface area (Å²) in [5.41, 5.74) is 6.05. The van der Waals surface area contributed by atoms with Gasteiger partial charge in [-0.1, -0.05) is 0 Å².